The molecule has 0 radical (unpaired) electrons. The van der Waals surface area contributed by atoms with Gasteiger partial charge in [0.05, 0.1) is 24.4 Å². The van der Waals surface area contributed by atoms with E-state index in [4.69, 9.17) is 14.6 Å². The first kappa shape index (κ1) is 13.5. The van der Waals surface area contributed by atoms with Gasteiger partial charge in [-0.15, -0.1) is 0 Å². The van der Waals surface area contributed by atoms with Crippen LogP contribution in [0, 0.1) is 0 Å². The van der Waals surface area contributed by atoms with Crippen LogP contribution in [0.3, 0.4) is 0 Å². The first-order valence-electron chi connectivity index (χ1n) is 6.87. The van der Waals surface area contributed by atoms with Gasteiger partial charge >= 0.3 is 5.97 Å². The first-order chi connectivity index (χ1) is 9.53. The third kappa shape index (κ3) is 2.32. The summed E-state index contributed by atoms with van der Waals surface area (Å²) in [5.74, 6) is -1.51. The van der Waals surface area contributed by atoms with Crippen LogP contribution >= 0.6 is 0 Å². The number of carboxylic acids is 1. The molecule has 1 heterocycles. The topological polar surface area (TPSA) is 76.0 Å². The number of hydrogen-bond acceptors (Lipinski definition) is 4. The number of benzene rings is 1. The van der Waals surface area contributed by atoms with Gasteiger partial charge in [0, 0.05) is 12.8 Å². The van der Waals surface area contributed by atoms with Gasteiger partial charge in [0.25, 0.3) is 0 Å². The van der Waals surface area contributed by atoms with Gasteiger partial charge in [0.2, 0.25) is 0 Å². The van der Waals surface area contributed by atoms with E-state index in [0.29, 0.717) is 44.5 Å². The molecule has 0 aromatic heterocycles. The molecule has 2 aliphatic rings. The molecule has 1 aliphatic carbocycles. The largest absolute Gasteiger partial charge is 0.478 e. The fourth-order valence-corrected chi connectivity index (χ4v) is 3.06. The van der Waals surface area contributed by atoms with Gasteiger partial charge in [0.15, 0.2) is 5.79 Å². The maximum Gasteiger partial charge on any atom is 0.335 e. The summed E-state index contributed by atoms with van der Waals surface area (Å²) in [5, 5.41) is 19.8. The van der Waals surface area contributed by atoms with E-state index in [1.807, 2.05) is 0 Å². The summed E-state index contributed by atoms with van der Waals surface area (Å²) < 4.78 is 11.3. The molecular formula is C15H18O5. The Morgan fingerprint density at radius 1 is 1.10 bits per heavy atom. The lowest BCUT2D eigenvalue weighted by molar-refractivity contribution is -0.204. The maximum atomic E-state index is 11.0. The lowest BCUT2D eigenvalue weighted by Gasteiger charge is -2.40. The summed E-state index contributed by atoms with van der Waals surface area (Å²) in [5.41, 5.74) is -0.138. The predicted molar refractivity (Wildman–Crippen MR) is 70.4 cm³/mol. The molecule has 1 aliphatic heterocycles. The number of rotatable bonds is 2. The molecule has 1 aromatic carbocycles. The molecule has 3 rings (SSSR count). The molecule has 0 amide bonds. The lowest BCUT2D eigenvalue weighted by atomic mass is 9.77. The number of carbonyl (C=O) groups is 1. The Labute approximate surface area is 117 Å². The number of aromatic carboxylic acids is 1. The Morgan fingerprint density at radius 3 is 2.35 bits per heavy atom. The number of hydrogen-bond donors (Lipinski definition) is 2. The highest BCUT2D eigenvalue weighted by Gasteiger charge is 2.46. The standard InChI is InChI=1S/C15H18O5/c16-13(17)11-2-1-3-12(10-11)14(18)4-6-15(7-5-14)19-8-9-20-15/h1-3,10,18H,4-9H2,(H,16,17). The molecule has 0 unspecified atom stereocenters. The van der Waals surface area contributed by atoms with Crippen LogP contribution in [0.5, 0.6) is 0 Å². The van der Waals surface area contributed by atoms with Gasteiger partial charge in [-0.3, -0.25) is 0 Å². The summed E-state index contributed by atoms with van der Waals surface area (Å²) in [4.78, 5) is 11.0. The van der Waals surface area contributed by atoms with Crippen molar-refractivity contribution in [2.45, 2.75) is 37.1 Å². The molecule has 1 saturated heterocycles. The van der Waals surface area contributed by atoms with Crippen molar-refractivity contribution < 1.29 is 24.5 Å². The summed E-state index contributed by atoms with van der Waals surface area (Å²) in [6.45, 7) is 1.21. The van der Waals surface area contributed by atoms with Crippen LogP contribution in [0.25, 0.3) is 0 Å². The van der Waals surface area contributed by atoms with E-state index >= 15 is 0 Å². The minimum atomic E-state index is -0.994. The van der Waals surface area contributed by atoms with Crippen molar-refractivity contribution in [2.75, 3.05) is 13.2 Å². The summed E-state index contributed by atoms with van der Waals surface area (Å²) in [7, 11) is 0. The van der Waals surface area contributed by atoms with Crippen molar-refractivity contribution in [2.24, 2.45) is 0 Å². The van der Waals surface area contributed by atoms with Crippen LogP contribution in [-0.2, 0) is 15.1 Å². The smallest absolute Gasteiger partial charge is 0.335 e. The van der Waals surface area contributed by atoms with E-state index < -0.39 is 17.4 Å². The number of aliphatic hydroxyl groups is 1. The van der Waals surface area contributed by atoms with Crippen molar-refractivity contribution in [3.8, 4) is 0 Å². The normalized spacial score (nSPS) is 23.9. The summed E-state index contributed by atoms with van der Waals surface area (Å²) in [6.07, 6.45) is 2.27. The maximum absolute atomic E-state index is 11.0. The highest BCUT2D eigenvalue weighted by atomic mass is 16.7. The second-order valence-electron chi connectivity index (χ2n) is 5.53. The van der Waals surface area contributed by atoms with E-state index in [1.165, 1.54) is 6.07 Å². The monoisotopic (exact) mass is 278 g/mol. The van der Waals surface area contributed by atoms with Gasteiger partial charge in [-0.05, 0) is 30.5 Å². The van der Waals surface area contributed by atoms with Crippen molar-refractivity contribution in [1.82, 2.24) is 0 Å². The van der Waals surface area contributed by atoms with E-state index in [1.54, 1.807) is 18.2 Å². The minimum Gasteiger partial charge on any atom is -0.478 e. The zero-order valence-corrected chi connectivity index (χ0v) is 11.2. The minimum absolute atomic E-state index is 0.199. The van der Waals surface area contributed by atoms with Gasteiger partial charge in [-0.1, -0.05) is 12.1 Å². The average Bonchev–Trinajstić information content (AvgIpc) is 2.92. The van der Waals surface area contributed by atoms with E-state index in [0.717, 1.165) is 0 Å². The van der Waals surface area contributed by atoms with Crippen LogP contribution in [0.4, 0.5) is 0 Å². The molecule has 5 heteroatoms. The van der Waals surface area contributed by atoms with Crippen molar-refractivity contribution in [1.29, 1.82) is 0 Å². The third-order valence-corrected chi connectivity index (χ3v) is 4.30. The van der Waals surface area contributed by atoms with Crippen molar-refractivity contribution in [3.05, 3.63) is 35.4 Å². The number of carboxylic acid groups (broad SMARTS) is 1. The van der Waals surface area contributed by atoms with E-state index in [2.05, 4.69) is 0 Å². The predicted octanol–water partition coefficient (Wildman–Crippen LogP) is 1.89. The Kier molecular flexibility index (Phi) is 3.28. The zero-order valence-electron chi connectivity index (χ0n) is 11.2. The fourth-order valence-electron chi connectivity index (χ4n) is 3.06. The van der Waals surface area contributed by atoms with Gasteiger partial charge in [0.1, 0.15) is 0 Å². The molecule has 0 bridgehead atoms. The fraction of sp³-hybridized carbons (Fsp3) is 0.533. The Balaban J connectivity index is 1.80. The van der Waals surface area contributed by atoms with Crippen molar-refractivity contribution >= 4 is 5.97 Å². The second-order valence-corrected chi connectivity index (χ2v) is 5.53. The third-order valence-electron chi connectivity index (χ3n) is 4.30. The molecule has 0 atom stereocenters. The van der Waals surface area contributed by atoms with Crippen LogP contribution < -0.4 is 0 Å². The molecule has 20 heavy (non-hydrogen) atoms. The molecule has 1 saturated carbocycles. The van der Waals surface area contributed by atoms with Gasteiger partial charge in [-0.2, -0.15) is 0 Å². The van der Waals surface area contributed by atoms with Gasteiger partial charge in [-0.25, -0.2) is 4.79 Å². The van der Waals surface area contributed by atoms with Crippen molar-refractivity contribution in [3.63, 3.8) is 0 Å². The Morgan fingerprint density at radius 2 is 1.75 bits per heavy atom. The molecule has 2 N–H and O–H groups in total. The molecule has 1 aromatic rings. The van der Waals surface area contributed by atoms with Crippen LogP contribution in [-0.4, -0.2) is 35.2 Å². The molecule has 2 fully saturated rings. The lowest BCUT2D eigenvalue weighted by Crippen LogP contribution is -2.42. The van der Waals surface area contributed by atoms with Crippen LogP contribution in [0.1, 0.15) is 41.6 Å². The Bertz CT molecular complexity index is 509. The van der Waals surface area contributed by atoms with E-state index in [9.17, 15) is 9.90 Å². The molecule has 5 nitrogen and oxygen atoms in total. The Hall–Kier alpha value is -1.43. The first-order valence-corrected chi connectivity index (χ1v) is 6.87. The van der Waals surface area contributed by atoms with Crippen LogP contribution in [0.2, 0.25) is 0 Å². The van der Waals surface area contributed by atoms with E-state index in [-0.39, 0.29) is 5.56 Å². The second kappa shape index (κ2) is 4.84. The summed E-state index contributed by atoms with van der Waals surface area (Å²) in [6, 6.07) is 6.53. The van der Waals surface area contributed by atoms with Crippen LogP contribution in [0.15, 0.2) is 24.3 Å². The molecule has 1 spiro atoms. The average molecular weight is 278 g/mol. The van der Waals surface area contributed by atoms with Gasteiger partial charge < -0.3 is 19.7 Å². The summed E-state index contributed by atoms with van der Waals surface area (Å²) >= 11 is 0. The quantitative estimate of drug-likeness (QED) is 0.864. The molecular weight excluding hydrogens is 260 g/mol. The zero-order chi connectivity index (χ0) is 14.2. The molecule has 108 valence electrons. The highest BCUT2D eigenvalue weighted by Crippen LogP contribution is 2.44. The highest BCUT2D eigenvalue weighted by molar-refractivity contribution is 5.87. The number of ether oxygens (including phenoxy) is 2. The SMILES string of the molecule is O=C(O)c1cccc(C2(O)CCC3(CC2)OCCO3)c1.